The van der Waals surface area contributed by atoms with Crippen molar-refractivity contribution in [2.75, 3.05) is 18.4 Å². The van der Waals surface area contributed by atoms with Crippen LogP contribution in [-0.4, -0.2) is 35.1 Å². The molecule has 1 aromatic rings. The minimum absolute atomic E-state index is 0.0867. The molecule has 0 aliphatic heterocycles. The molecule has 0 atom stereocenters. The van der Waals surface area contributed by atoms with E-state index in [1.165, 1.54) is 18.2 Å². The molecule has 0 heterocycles. The van der Waals surface area contributed by atoms with Gasteiger partial charge >= 0.3 is 12.0 Å². The number of carbonyl (C=O) groups is 2. The Morgan fingerprint density at radius 1 is 1.50 bits per heavy atom. The second-order valence-electron chi connectivity index (χ2n) is 3.44. The summed E-state index contributed by atoms with van der Waals surface area (Å²) in [6, 6.07) is 3.48. The Balaban J connectivity index is 2.80. The van der Waals surface area contributed by atoms with E-state index in [2.05, 4.69) is 5.32 Å². The summed E-state index contributed by atoms with van der Waals surface area (Å²) in [5.74, 6) is -1.89. The molecule has 2 amide bonds. The number of hydrogen-bond acceptors (Lipinski definition) is 2. The van der Waals surface area contributed by atoms with Gasteiger partial charge in [-0.3, -0.25) is 4.79 Å². The Bertz CT molecular complexity index is 468. The first-order valence-electron chi connectivity index (χ1n) is 5.17. The quantitative estimate of drug-likeness (QED) is 0.886. The number of halogens is 2. The summed E-state index contributed by atoms with van der Waals surface area (Å²) in [5.41, 5.74) is -0.0867. The highest BCUT2D eigenvalue weighted by Crippen LogP contribution is 2.22. The average Bonchev–Trinajstić information content (AvgIpc) is 2.31. The van der Waals surface area contributed by atoms with Crippen molar-refractivity contribution < 1.29 is 19.1 Å². The summed E-state index contributed by atoms with van der Waals surface area (Å²) >= 11 is 5.56. The van der Waals surface area contributed by atoms with Crippen LogP contribution < -0.4 is 5.32 Å². The molecular formula is C11H12ClFN2O3. The van der Waals surface area contributed by atoms with Crippen molar-refractivity contribution in [1.29, 1.82) is 0 Å². The summed E-state index contributed by atoms with van der Waals surface area (Å²) in [4.78, 5) is 23.2. The Kier molecular flexibility index (Phi) is 4.91. The van der Waals surface area contributed by atoms with Crippen LogP contribution in [0.25, 0.3) is 0 Å². The van der Waals surface area contributed by atoms with Gasteiger partial charge in [-0.15, -0.1) is 0 Å². The molecule has 0 radical (unpaired) electrons. The number of likely N-dealkylation sites (N-methyl/N-ethyl adjacent to an activating group) is 1. The van der Waals surface area contributed by atoms with Gasteiger partial charge in [-0.25, -0.2) is 9.18 Å². The summed E-state index contributed by atoms with van der Waals surface area (Å²) in [5, 5.41) is 10.8. The number of urea groups is 1. The Labute approximate surface area is 108 Å². The maximum absolute atomic E-state index is 13.5. The fraction of sp³-hybridized carbons (Fsp3) is 0.273. The third-order valence-corrected chi connectivity index (χ3v) is 2.48. The SMILES string of the molecule is CCN(CC(=O)O)C(=O)Nc1cccc(Cl)c1F. The van der Waals surface area contributed by atoms with Gasteiger partial charge in [0.1, 0.15) is 6.54 Å². The predicted octanol–water partition coefficient (Wildman–Crippen LogP) is 2.42. The van der Waals surface area contributed by atoms with Gasteiger partial charge in [0.05, 0.1) is 10.7 Å². The Morgan fingerprint density at radius 3 is 2.72 bits per heavy atom. The van der Waals surface area contributed by atoms with Gasteiger partial charge in [0.15, 0.2) is 5.82 Å². The summed E-state index contributed by atoms with van der Waals surface area (Å²) in [6.45, 7) is 1.36. The number of carboxylic acid groups (broad SMARTS) is 1. The van der Waals surface area contributed by atoms with Gasteiger partial charge in [0.2, 0.25) is 0 Å². The van der Waals surface area contributed by atoms with Crippen LogP contribution in [-0.2, 0) is 4.79 Å². The first-order chi connectivity index (χ1) is 8.45. The van der Waals surface area contributed by atoms with Crippen molar-refractivity contribution in [3.05, 3.63) is 29.0 Å². The molecule has 0 saturated heterocycles. The molecule has 0 aromatic heterocycles. The molecular weight excluding hydrogens is 263 g/mol. The zero-order chi connectivity index (χ0) is 13.7. The second kappa shape index (κ2) is 6.20. The molecule has 0 bridgehead atoms. The minimum atomic E-state index is -1.14. The molecule has 0 spiro atoms. The zero-order valence-electron chi connectivity index (χ0n) is 9.61. The van der Waals surface area contributed by atoms with Gasteiger partial charge in [-0.05, 0) is 19.1 Å². The number of aliphatic carboxylic acids is 1. The highest BCUT2D eigenvalue weighted by Gasteiger charge is 2.16. The molecule has 0 fully saturated rings. The van der Waals surface area contributed by atoms with Gasteiger partial charge in [-0.2, -0.15) is 0 Å². The van der Waals surface area contributed by atoms with Crippen LogP contribution in [0.15, 0.2) is 18.2 Å². The number of nitrogens with one attached hydrogen (secondary N) is 1. The lowest BCUT2D eigenvalue weighted by Crippen LogP contribution is -2.38. The lowest BCUT2D eigenvalue weighted by atomic mass is 10.3. The molecule has 0 aliphatic carbocycles. The molecule has 1 aromatic carbocycles. The maximum atomic E-state index is 13.5. The van der Waals surface area contributed by atoms with Gasteiger partial charge < -0.3 is 15.3 Å². The molecule has 18 heavy (non-hydrogen) atoms. The molecule has 5 nitrogen and oxygen atoms in total. The number of benzene rings is 1. The van der Waals surface area contributed by atoms with E-state index in [0.717, 1.165) is 4.90 Å². The lowest BCUT2D eigenvalue weighted by molar-refractivity contribution is -0.137. The molecule has 0 aliphatic rings. The number of amides is 2. The van der Waals surface area contributed by atoms with Gasteiger partial charge in [0, 0.05) is 6.54 Å². The molecule has 98 valence electrons. The van der Waals surface area contributed by atoms with Crippen LogP contribution in [0.5, 0.6) is 0 Å². The van der Waals surface area contributed by atoms with Crippen LogP contribution in [0.1, 0.15) is 6.92 Å². The summed E-state index contributed by atoms with van der Waals surface area (Å²) in [6.07, 6.45) is 0. The van der Waals surface area contributed by atoms with Crippen molar-refractivity contribution in [3.63, 3.8) is 0 Å². The van der Waals surface area contributed by atoms with E-state index in [4.69, 9.17) is 16.7 Å². The van der Waals surface area contributed by atoms with Crippen LogP contribution >= 0.6 is 11.6 Å². The van der Waals surface area contributed by atoms with Crippen LogP contribution in [0.3, 0.4) is 0 Å². The number of hydrogen-bond donors (Lipinski definition) is 2. The summed E-state index contributed by atoms with van der Waals surface area (Å²) < 4.78 is 13.5. The van der Waals surface area contributed by atoms with E-state index in [1.807, 2.05) is 0 Å². The van der Waals surface area contributed by atoms with Crippen molar-refractivity contribution in [3.8, 4) is 0 Å². The predicted molar refractivity (Wildman–Crippen MR) is 65.3 cm³/mol. The standard InChI is InChI=1S/C11H12ClFN2O3/c1-2-15(6-9(16)17)11(18)14-8-5-3-4-7(12)10(8)13/h3-5H,2,6H2,1H3,(H,14,18)(H,16,17). The summed E-state index contributed by atoms with van der Waals surface area (Å²) in [7, 11) is 0. The Morgan fingerprint density at radius 2 is 2.17 bits per heavy atom. The van der Waals surface area contributed by atoms with Crippen LogP contribution in [0.2, 0.25) is 5.02 Å². The molecule has 0 unspecified atom stereocenters. The Hall–Kier alpha value is -1.82. The number of anilines is 1. The van der Waals surface area contributed by atoms with E-state index < -0.39 is 24.4 Å². The van der Waals surface area contributed by atoms with Gasteiger partial charge in [0.25, 0.3) is 0 Å². The fourth-order valence-electron chi connectivity index (χ4n) is 1.29. The smallest absolute Gasteiger partial charge is 0.323 e. The number of carbonyl (C=O) groups excluding carboxylic acids is 1. The van der Waals surface area contributed by atoms with Crippen LogP contribution in [0.4, 0.5) is 14.9 Å². The monoisotopic (exact) mass is 274 g/mol. The van der Waals surface area contributed by atoms with Gasteiger partial charge in [-0.1, -0.05) is 17.7 Å². The van der Waals surface area contributed by atoms with Crippen LogP contribution in [0, 0.1) is 5.82 Å². The van der Waals surface area contributed by atoms with E-state index in [-0.39, 0.29) is 17.3 Å². The maximum Gasteiger partial charge on any atom is 0.323 e. The van der Waals surface area contributed by atoms with Crippen molar-refractivity contribution >= 4 is 29.3 Å². The van der Waals surface area contributed by atoms with E-state index in [0.29, 0.717) is 0 Å². The molecule has 7 heteroatoms. The number of carboxylic acids is 1. The number of nitrogens with zero attached hydrogens (tertiary/aromatic N) is 1. The highest BCUT2D eigenvalue weighted by atomic mass is 35.5. The largest absolute Gasteiger partial charge is 0.480 e. The molecule has 0 saturated carbocycles. The fourth-order valence-corrected chi connectivity index (χ4v) is 1.46. The third kappa shape index (κ3) is 3.59. The average molecular weight is 275 g/mol. The normalized spacial score (nSPS) is 9.94. The van der Waals surface area contributed by atoms with E-state index in [9.17, 15) is 14.0 Å². The first kappa shape index (κ1) is 14.2. The highest BCUT2D eigenvalue weighted by molar-refractivity contribution is 6.31. The van der Waals surface area contributed by atoms with E-state index >= 15 is 0 Å². The van der Waals surface area contributed by atoms with Crippen molar-refractivity contribution in [2.24, 2.45) is 0 Å². The van der Waals surface area contributed by atoms with E-state index in [1.54, 1.807) is 6.92 Å². The number of rotatable bonds is 4. The topological polar surface area (TPSA) is 69.6 Å². The molecule has 2 N–H and O–H groups in total. The lowest BCUT2D eigenvalue weighted by Gasteiger charge is -2.19. The second-order valence-corrected chi connectivity index (χ2v) is 3.85. The van der Waals surface area contributed by atoms with Crippen molar-refractivity contribution in [2.45, 2.75) is 6.92 Å². The molecule has 1 rings (SSSR count). The minimum Gasteiger partial charge on any atom is -0.480 e. The van der Waals surface area contributed by atoms with Crippen molar-refractivity contribution in [1.82, 2.24) is 4.90 Å². The zero-order valence-corrected chi connectivity index (χ0v) is 10.4. The third-order valence-electron chi connectivity index (χ3n) is 2.19. The first-order valence-corrected chi connectivity index (χ1v) is 5.55.